The molecule has 1 atom stereocenters. The summed E-state index contributed by atoms with van der Waals surface area (Å²) < 4.78 is 16.6. The molecule has 0 aromatic rings. The Balaban J connectivity index is 3.61. The summed E-state index contributed by atoms with van der Waals surface area (Å²) >= 11 is 0. The Bertz CT molecular complexity index is 588. The van der Waals surface area contributed by atoms with E-state index in [0.29, 0.717) is 6.42 Å². The number of rotatable bonds is 19. The Labute approximate surface area is 184 Å². The number of ketones is 1. The van der Waals surface area contributed by atoms with Crippen molar-refractivity contribution in [3.63, 3.8) is 0 Å². The van der Waals surface area contributed by atoms with Gasteiger partial charge in [0.1, 0.15) is 5.78 Å². The molecule has 0 bridgehead atoms. The summed E-state index contributed by atoms with van der Waals surface area (Å²) in [6.07, 6.45) is 27.8. The Morgan fingerprint density at radius 2 is 1.33 bits per heavy atom. The molecule has 0 aromatic carbocycles. The topological polar surface area (TPSA) is 63.6 Å². The van der Waals surface area contributed by atoms with Gasteiger partial charge in [0.2, 0.25) is 0 Å². The molecule has 0 aliphatic heterocycles. The van der Waals surface area contributed by atoms with Crippen molar-refractivity contribution in [3.8, 4) is 0 Å². The first kappa shape index (κ1) is 28.8. The van der Waals surface area contributed by atoms with E-state index >= 15 is 0 Å². The molecular formula is C25H43O4P. The summed E-state index contributed by atoms with van der Waals surface area (Å²) in [4.78, 5) is 21.3. The molecular weight excluding hydrogens is 395 g/mol. The van der Waals surface area contributed by atoms with Gasteiger partial charge in [-0.2, -0.15) is 0 Å². The lowest BCUT2D eigenvalue weighted by Gasteiger charge is -2.14. The molecule has 0 fully saturated rings. The van der Waals surface area contributed by atoms with E-state index in [1.807, 2.05) is 0 Å². The molecule has 172 valence electrons. The Kier molecular flexibility index (Phi) is 18.9. The maximum absolute atomic E-state index is 11.8. The van der Waals surface area contributed by atoms with Crippen LogP contribution in [0.4, 0.5) is 0 Å². The van der Waals surface area contributed by atoms with Crippen molar-refractivity contribution in [1.82, 2.24) is 0 Å². The number of Topliss-reactive ketones (excluding diaryl/α,β-unsaturated/α-hetero) is 1. The molecule has 0 amide bonds. The van der Waals surface area contributed by atoms with Gasteiger partial charge < -0.3 is 9.42 Å². The van der Waals surface area contributed by atoms with Crippen LogP contribution >= 0.6 is 7.60 Å². The summed E-state index contributed by atoms with van der Waals surface area (Å²) in [5.41, 5.74) is -0.440. The van der Waals surface area contributed by atoms with Gasteiger partial charge in [-0.05, 0) is 44.9 Å². The number of carbonyl (C=O) groups excluding carboxylic acids is 1. The smallest absolute Gasteiger partial charge is 0.324 e. The van der Waals surface area contributed by atoms with Crippen molar-refractivity contribution in [2.45, 2.75) is 97.1 Å². The average Bonchev–Trinajstić information content (AvgIpc) is 2.70. The Morgan fingerprint density at radius 1 is 0.833 bits per heavy atom. The zero-order valence-electron chi connectivity index (χ0n) is 19.3. The first-order valence-corrected chi connectivity index (χ1v) is 13.1. The van der Waals surface area contributed by atoms with Gasteiger partial charge in [-0.1, -0.05) is 82.2 Å². The fraction of sp³-hybridized carbons (Fsp3) is 0.640. The zero-order chi connectivity index (χ0) is 22.5. The van der Waals surface area contributed by atoms with Crippen molar-refractivity contribution in [3.05, 3.63) is 48.6 Å². The third-order valence-corrected chi connectivity index (χ3v) is 6.45. The normalized spacial score (nSPS) is 14.7. The highest BCUT2D eigenvalue weighted by Gasteiger charge is 2.24. The molecule has 0 aliphatic carbocycles. The highest BCUT2D eigenvalue weighted by molar-refractivity contribution is 7.53. The van der Waals surface area contributed by atoms with Crippen LogP contribution in [0, 0.1) is 0 Å². The first-order chi connectivity index (χ1) is 14.4. The van der Waals surface area contributed by atoms with E-state index in [2.05, 4.69) is 55.5 Å². The largest absolute Gasteiger partial charge is 0.330 e. The maximum Gasteiger partial charge on any atom is 0.330 e. The number of hydrogen-bond donors (Lipinski definition) is 1. The number of unbranched alkanes of at least 4 members (excludes halogenated alkanes) is 4. The predicted molar refractivity (Wildman–Crippen MR) is 129 cm³/mol. The van der Waals surface area contributed by atoms with Gasteiger partial charge in [-0.3, -0.25) is 9.36 Å². The SMILES string of the molecule is CCCCC/C=C\C/C=C\C/C=C\C/C=C\CCCC(=O)CCOP(=O)(O)C(C)C. The molecule has 4 nitrogen and oxygen atoms in total. The van der Waals surface area contributed by atoms with Crippen LogP contribution in [0.1, 0.15) is 91.4 Å². The van der Waals surface area contributed by atoms with Gasteiger partial charge in [0.05, 0.1) is 12.3 Å². The molecule has 0 saturated heterocycles. The molecule has 0 heterocycles. The summed E-state index contributed by atoms with van der Waals surface area (Å²) in [6.45, 7) is 5.52. The molecule has 0 saturated carbocycles. The second-order valence-electron chi connectivity index (χ2n) is 7.76. The van der Waals surface area contributed by atoms with Crippen LogP contribution in [-0.2, 0) is 13.9 Å². The third kappa shape index (κ3) is 18.8. The highest BCUT2D eigenvalue weighted by atomic mass is 31.2. The fourth-order valence-corrected chi connectivity index (χ4v) is 3.19. The quantitative estimate of drug-likeness (QED) is 0.127. The molecule has 0 aromatic heterocycles. The second-order valence-corrected chi connectivity index (χ2v) is 10.2. The van der Waals surface area contributed by atoms with Crippen LogP contribution in [0.25, 0.3) is 0 Å². The Hall–Kier alpha value is -1.22. The van der Waals surface area contributed by atoms with E-state index in [-0.39, 0.29) is 18.8 Å². The van der Waals surface area contributed by atoms with E-state index in [0.717, 1.165) is 32.1 Å². The lowest BCUT2D eigenvalue weighted by atomic mass is 10.1. The lowest BCUT2D eigenvalue weighted by Crippen LogP contribution is -2.06. The van der Waals surface area contributed by atoms with Crippen LogP contribution in [0.3, 0.4) is 0 Å². The minimum atomic E-state index is -3.56. The summed E-state index contributed by atoms with van der Waals surface area (Å²) in [5.74, 6) is 0.0784. The molecule has 0 rings (SSSR count). The van der Waals surface area contributed by atoms with Crippen LogP contribution in [0.15, 0.2) is 48.6 Å². The van der Waals surface area contributed by atoms with E-state index in [4.69, 9.17) is 4.52 Å². The minimum Gasteiger partial charge on any atom is -0.324 e. The van der Waals surface area contributed by atoms with Gasteiger partial charge in [0.25, 0.3) is 0 Å². The van der Waals surface area contributed by atoms with Crippen molar-refractivity contribution >= 4 is 13.4 Å². The summed E-state index contributed by atoms with van der Waals surface area (Å²) in [7, 11) is -3.56. The molecule has 5 heteroatoms. The van der Waals surface area contributed by atoms with Crippen molar-refractivity contribution < 1.29 is 18.8 Å². The standard InChI is InChI=1S/C25H43O4P/c1-4-5-6-7-8-9-10-11-12-13-14-15-16-17-18-19-20-21-25(26)22-23-29-30(27,28)24(2)3/h8-9,11-12,14-15,17-18,24H,4-7,10,13,16,19-23H2,1-3H3,(H,27,28)/b9-8-,12-11-,15-14-,18-17-. The number of allylic oxidation sites excluding steroid dienone is 8. The fourth-order valence-electron chi connectivity index (χ4n) is 2.54. The molecule has 0 spiro atoms. The van der Waals surface area contributed by atoms with Crippen LogP contribution in [-0.4, -0.2) is 22.9 Å². The third-order valence-electron chi connectivity index (χ3n) is 4.59. The minimum absolute atomic E-state index is 0.0229. The molecule has 0 aliphatic rings. The molecule has 1 unspecified atom stereocenters. The second kappa shape index (κ2) is 19.7. The van der Waals surface area contributed by atoms with Crippen LogP contribution in [0.2, 0.25) is 0 Å². The maximum atomic E-state index is 11.8. The molecule has 0 radical (unpaired) electrons. The lowest BCUT2D eigenvalue weighted by molar-refractivity contribution is -0.119. The van der Waals surface area contributed by atoms with Crippen LogP contribution < -0.4 is 0 Å². The summed E-state index contributed by atoms with van der Waals surface area (Å²) in [5, 5.41) is 0. The number of carbonyl (C=O) groups is 1. The zero-order valence-corrected chi connectivity index (χ0v) is 20.2. The molecule has 1 N–H and O–H groups in total. The average molecular weight is 439 g/mol. The van der Waals surface area contributed by atoms with Crippen molar-refractivity contribution in [2.24, 2.45) is 0 Å². The van der Waals surface area contributed by atoms with Gasteiger partial charge in [0, 0.05) is 12.8 Å². The highest BCUT2D eigenvalue weighted by Crippen LogP contribution is 2.46. The monoisotopic (exact) mass is 438 g/mol. The van der Waals surface area contributed by atoms with Gasteiger partial charge in [-0.25, -0.2) is 0 Å². The first-order valence-electron chi connectivity index (χ1n) is 11.5. The van der Waals surface area contributed by atoms with Crippen molar-refractivity contribution in [2.75, 3.05) is 6.61 Å². The predicted octanol–water partition coefficient (Wildman–Crippen LogP) is 7.70. The molecule has 30 heavy (non-hydrogen) atoms. The van der Waals surface area contributed by atoms with Gasteiger partial charge >= 0.3 is 7.60 Å². The van der Waals surface area contributed by atoms with E-state index in [1.54, 1.807) is 13.8 Å². The van der Waals surface area contributed by atoms with Gasteiger partial charge in [0.15, 0.2) is 0 Å². The van der Waals surface area contributed by atoms with E-state index < -0.39 is 13.3 Å². The van der Waals surface area contributed by atoms with Crippen LogP contribution in [0.5, 0.6) is 0 Å². The van der Waals surface area contributed by atoms with Crippen molar-refractivity contribution in [1.29, 1.82) is 0 Å². The number of hydrogen-bond acceptors (Lipinski definition) is 3. The van der Waals surface area contributed by atoms with E-state index in [1.165, 1.54) is 25.7 Å². The summed E-state index contributed by atoms with van der Waals surface area (Å²) in [6, 6.07) is 0. The Morgan fingerprint density at radius 3 is 1.83 bits per heavy atom. The van der Waals surface area contributed by atoms with Gasteiger partial charge in [-0.15, -0.1) is 0 Å². The van der Waals surface area contributed by atoms with E-state index in [9.17, 15) is 14.3 Å².